The van der Waals surface area contributed by atoms with E-state index in [-0.39, 0.29) is 23.0 Å². The molecule has 0 amide bonds. The lowest BCUT2D eigenvalue weighted by atomic mass is 9.94. The van der Waals surface area contributed by atoms with E-state index in [9.17, 15) is 14.9 Å². The molecule has 3 aliphatic rings. The topological polar surface area (TPSA) is 104 Å². The molecule has 1 aliphatic carbocycles. The van der Waals surface area contributed by atoms with E-state index >= 15 is 0 Å². The van der Waals surface area contributed by atoms with Gasteiger partial charge in [0, 0.05) is 5.92 Å². The number of ether oxygens (including phenoxy) is 2. The van der Waals surface area contributed by atoms with Crippen molar-refractivity contribution in [2.75, 3.05) is 6.61 Å². The van der Waals surface area contributed by atoms with Crippen LogP contribution in [0.15, 0.2) is 27.7 Å². The number of hydrogen-bond acceptors (Lipinski definition) is 6. The van der Waals surface area contributed by atoms with Gasteiger partial charge in [0.25, 0.3) is 5.91 Å². The highest BCUT2D eigenvalue weighted by Gasteiger charge is 2.94. The zero-order chi connectivity index (χ0) is 17.3. The van der Waals surface area contributed by atoms with E-state index in [1.54, 1.807) is 19.1 Å². The molecule has 2 N–H and O–H groups in total. The summed E-state index contributed by atoms with van der Waals surface area (Å²) in [6.45, 7) is 2.05. The van der Waals surface area contributed by atoms with Crippen LogP contribution in [0.5, 0.6) is 0 Å². The van der Waals surface area contributed by atoms with Crippen LogP contribution in [0.25, 0.3) is 0 Å². The molecule has 122 valence electrons. The molecular formula is C16H12BrFN4O2. The second-order valence-electron chi connectivity index (χ2n) is 6.26. The molecule has 1 aromatic carbocycles. The van der Waals surface area contributed by atoms with Gasteiger partial charge in [-0.1, -0.05) is 6.07 Å². The number of amidine groups is 1. The molecule has 4 rings (SSSR count). The van der Waals surface area contributed by atoms with Crippen molar-refractivity contribution in [3.8, 4) is 12.1 Å². The Morgan fingerprint density at radius 2 is 2.17 bits per heavy atom. The van der Waals surface area contributed by atoms with Crippen LogP contribution in [0.2, 0.25) is 0 Å². The van der Waals surface area contributed by atoms with Gasteiger partial charge in [0.15, 0.2) is 5.41 Å². The summed E-state index contributed by atoms with van der Waals surface area (Å²) < 4.78 is 25.4. The number of nitrogens with two attached hydrogens (primary N) is 1. The molecule has 24 heavy (non-hydrogen) atoms. The van der Waals surface area contributed by atoms with Crippen molar-refractivity contribution in [2.24, 2.45) is 21.6 Å². The molecule has 0 aromatic heterocycles. The number of rotatable bonds is 1. The summed E-state index contributed by atoms with van der Waals surface area (Å²) in [5.74, 6) is -2.61. The lowest BCUT2D eigenvalue weighted by Gasteiger charge is -2.26. The van der Waals surface area contributed by atoms with Crippen LogP contribution in [-0.4, -0.2) is 24.5 Å². The van der Waals surface area contributed by atoms with Gasteiger partial charge < -0.3 is 15.2 Å². The van der Waals surface area contributed by atoms with Crippen LogP contribution in [0.3, 0.4) is 0 Å². The van der Waals surface area contributed by atoms with Gasteiger partial charge >= 0.3 is 0 Å². The van der Waals surface area contributed by atoms with Gasteiger partial charge in [0.05, 0.1) is 29.3 Å². The quantitative estimate of drug-likeness (QED) is 0.790. The highest BCUT2D eigenvalue weighted by Crippen LogP contribution is 2.82. The highest BCUT2D eigenvalue weighted by atomic mass is 79.9. The summed E-state index contributed by atoms with van der Waals surface area (Å²) in [4.78, 5) is 4.22. The number of halogens is 2. The maximum atomic E-state index is 13.6. The minimum Gasteiger partial charge on any atom is -0.386 e. The summed E-state index contributed by atoms with van der Waals surface area (Å²) in [6.07, 6.45) is -0.275. The van der Waals surface area contributed by atoms with Crippen molar-refractivity contribution < 1.29 is 13.9 Å². The minimum atomic E-state index is -1.59. The lowest BCUT2D eigenvalue weighted by Crippen LogP contribution is -2.39. The molecule has 0 unspecified atom stereocenters. The number of aliphatic imine (C=N–C) groups is 1. The van der Waals surface area contributed by atoms with Gasteiger partial charge in [-0.3, -0.25) is 0 Å². The minimum absolute atomic E-state index is 0.0195. The van der Waals surface area contributed by atoms with E-state index in [4.69, 9.17) is 15.2 Å². The summed E-state index contributed by atoms with van der Waals surface area (Å²) in [6, 6.07) is 8.73. The molecular weight excluding hydrogens is 379 g/mol. The van der Waals surface area contributed by atoms with Crippen LogP contribution in [0.4, 0.5) is 4.39 Å². The first kappa shape index (κ1) is 15.5. The molecule has 1 saturated heterocycles. The van der Waals surface area contributed by atoms with Gasteiger partial charge in [0.2, 0.25) is 0 Å². The maximum absolute atomic E-state index is 13.6. The van der Waals surface area contributed by atoms with Gasteiger partial charge in [-0.2, -0.15) is 10.5 Å². The number of nitriles is 2. The molecule has 0 bridgehead atoms. The third-order valence-corrected chi connectivity index (χ3v) is 5.69. The number of nitrogens with zero attached hydrogens (tertiary/aromatic N) is 3. The SMILES string of the molecule is C[C@H]1CO[C@]2(N=C(N)[C@@]3(C#N)[C@@H](c4ccc(F)c(Br)c4)[C@@]23C#N)O1. The summed E-state index contributed by atoms with van der Waals surface area (Å²) in [7, 11) is 0. The standard InChI is InChI=1S/C16H12BrFN4O2/c1-8-5-23-16(24-8)15(7-20)12(14(15,6-19)13(21)22-16)9-2-3-11(18)10(17)4-9/h2-4,8,12H,5H2,1H3,(H2,21,22)/t8-,12+,14+,15+,16-/m0/s1. The summed E-state index contributed by atoms with van der Waals surface area (Å²) in [5, 5.41) is 19.8. The molecule has 2 heterocycles. The van der Waals surface area contributed by atoms with Crippen molar-refractivity contribution in [3.63, 3.8) is 0 Å². The van der Waals surface area contributed by atoms with Gasteiger partial charge in [-0.25, -0.2) is 9.38 Å². The number of fused-ring (bicyclic) bond motifs is 2. The smallest absolute Gasteiger partial charge is 0.293 e. The summed E-state index contributed by atoms with van der Waals surface area (Å²) >= 11 is 3.14. The zero-order valence-electron chi connectivity index (χ0n) is 12.6. The predicted octanol–water partition coefficient (Wildman–Crippen LogP) is 2.17. The lowest BCUT2D eigenvalue weighted by molar-refractivity contribution is -0.193. The van der Waals surface area contributed by atoms with Crippen LogP contribution in [-0.2, 0) is 9.47 Å². The van der Waals surface area contributed by atoms with E-state index in [0.29, 0.717) is 5.56 Å². The Bertz CT molecular complexity index is 878. The molecule has 2 aliphatic heterocycles. The first-order chi connectivity index (χ1) is 11.4. The first-order valence-corrected chi connectivity index (χ1v) is 8.13. The van der Waals surface area contributed by atoms with E-state index < -0.39 is 28.5 Å². The molecule has 8 heteroatoms. The average Bonchev–Trinajstić information content (AvgIpc) is 2.95. The molecule has 6 nitrogen and oxygen atoms in total. The predicted molar refractivity (Wildman–Crippen MR) is 83.8 cm³/mol. The van der Waals surface area contributed by atoms with Crippen LogP contribution in [0, 0.1) is 39.3 Å². The van der Waals surface area contributed by atoms with Crippen molar-refractivity contribution in [1.29, 1.82) is 10.5 Å². The van der Waals surface area contributed by atoms with Crippen molar-refractivity contribution >= 4 is 21.8 Å². The second kappa shape index (κ2) is 4.54. The first-order valence-electron chi connectivity index (χ1n) is 7.33. The Morgan fingerprint density at radius 3 is 2.71 bits per heavy atom. The Hall–Kier alpha value is -2.00. The van der Waals surface area contributed by atoms with E-state index in [0.717, 1.165) is 0 Å². The normalized spacial score (nSPS) is 42.3. The second-order valence-corrected chi connectivity index (χ2v) is 7.12. The van der Waals surface area contributed by atoms with E-state index in [2.05, 4.69) is 33.1 Å². The molecule has 0 radical (unpaired) electrons. The molecule has 1 spiro atoms. The monoisotopic (exact) mass is 390 g/mol. The van der Waals surface area contributed by atoms with Gasteiger partial charge in [-0.05, 0) is 40.5 Å². The average molecular weight is 391 g/mol. The maximum Gasteiger partial charge on any atom is 0.293 e. The van der Waals surface area contributed by atoms with E-state index in [1.165, 1.54) is 6.07 Å². The fourth-order valence-corrected chi connectivity index (χ4v) is 4.45. The Labute approximate surface area is 145 Å². The van der Waals surface area contributed by atoms with Crippen LogP contribution >= 0.6 is 15.9 Å². The summed E-state index contributed by atoms with van der Waals surface area (Å²) in [5.41, 5.74) is 3.93. The fraction of sp³-hybridized carbons (Fsp3) is 0.438. The highest BCUT2D eigenvalue weighted by molar-refractivity contribution is 9.10. The largest absolute Gasteiger partial charge is 0.386 e. The Kier molecular flexibility index (Phi) is 2.94. The zero-order valence-corrected chi connectivity index (χ0v) is 14.2. The third kappa shape index (κ3) is 1.43. The van der Waals surface area contributed by atoms with Crippen LogP contribution in [0.1, 0.15) is 18.4 Å². The molecule has 1 aromatic rings. The van der Waals surface area contributed by atoms with Gasteiger partial charge in [0.1, 0.15) is 17.1 Å². The van der Waals surface area contributed by atoms with Crippen LogP contribution < -0.4 is 5.73 Å². The fourth-order valence-electron chi connectivity index (χ4n) is 4.05. The number of benzene rings is 1. The van der Waals surface area contributed by atoms with Crippen molar-refractivity contribution in [1.82, 2.24) is 0 Å². The molecule has 2 fully saturated rings. The van der Waals surface area contributed by atoms with Crippen molar-refractivity contribution in [2.45, 2.75) is 24.9 Å². The Morgan fingerprint density at radius 1 is 1.42 bits per heavy atom. The Balaban J connectivity index is 1.92. The third-order valence-electron chi connectivity index (χ3n) is 5.08. The van der Waals surface area contributed by atoms with Crippen molar-refractivity contribution in [3.05, 3.63) is 34.1 Å². The number of hydrogen-bond donors (Lipinski definition) is 1. The molecule has 5 atom stereocenters. The molecule has 1 saturated carbocycles. The van der Waals surface area contributed by atoms with E-state index in [1.807, 2.05) is 0 Å². The van der Waals surface area contributed by atoms with Gasteiger partial charge in [-0.15, -0.1) is 0 Å².